The number of ether oxygens (including phenoxy) is 1. The maximum absolute atomic E-state index is 12.8. The third-order valence-electron chi connectivity index (χ3n) is 5.52. The third kappa shape index (κ3) is 4.29. The van der Waals surface area contributed by atoms with Gasteiger partial charge in [-0.15, -0.1) is 0 Å². The van der Waals surface area contributed by atoms with Crippen LogP contribution in [0, 0.1) is 0 Å². The molecule has 162 valence electrons. The molecular formula is C22H21Cl2N3O4. The summed E-state index contributed by atoms with van der Waals surface area (Å²) in [6.07, 6.45) is 0.101. The Bertz CT molecular complexity index is 1160. The molecule has 0 saturated carbocycles. The number of hydrogen-bond donors (Lipinski definition) is 2. The number of nitrogens with one attached hydrogen (secondary N) is 1. The fourth-order valence-electron chi connectivity index (χ4n) is 4.02. The monoisotopic (exact) mass is 461 g/mol. The van der Waals surface area contributed by atoms with Gasteiger partial charge in [0, 0.05) is 36.3 Å². The summed E-state index contributed by atoms with van der Waals surface area (Å²) >= 11 is 12.5. The number of rotatable bonds is 4. The highest BCUT2D eigenvalue weighted by Crippen LogP contribution is 2.35. The minimum Gasteiger partial charge on any atom is -0.497 e. The molecule has 0 radical (unpaired) electrons. The van der Waals surface area contributed by atoms with Gasteiger partial charge in [-0.2, -0.15) is 0 Å². The molecule has 7 nitrogen and oxygen atoms in total. The van der Waals surface area contributed by atoms with Crippen LogP contribution in [0.15, 0.2) is 36.4 Å². The Morgan fingerprint density at radius 3 is 2.45 bits per heavy atom. The Morgan fingerprint density at radius 2 is 1.77 bits per heavy atom. The fourth-order valence-corrected chi connectivity index (χ4v) is 4.34. The van der Waals surface area contributed by atoms with Crippen LogP contribution in [-0.4, -0.2) is 46.8 Å². The van der Waals surface area contributed by atoms with Crippen LogP contribution in [0.25, 0.3) is 10.9 Å². The number of benzene rings is 2. The van der Waals surface area contributed by atoms with Gasteiger partial charge < -0.3 is 24.6 Å². The summed E-state index contributed by atoms with van der Waals surface area (Å²) in [7, 11) is 1.58. The van der Waals surface area contributed by atoms with Gasteiger partial charge in [0.1, 0.15) is 12.3 Å². The van der Waals surface area contributed by atoms with Crippen molar-refractivity contribution in [2.24, 2.45) is 0 Å². The van der Waals surface area contributed by atoms with Gasteiger partial charge >= 0.3 is 6.09 Å². The first-order chi connectivity index (χ1) is 14.9. The number of carbonyl (C=O) groups is 2. The van der Waals surface area contributed by atoms with E-state index in [4.69, 9.17) is 27.9 Å². The molecule has 0 atom stereocenters. The van der Waals surface area contributed by atoms with E-state index in [2.05, 4.69) is 5.32 Å². The van der Waals surface area contributed by atoms with E-state index in [1.807, 2.05) is 4.57 Å². The normalized spacial score (nSPS) is 13.6. The van der Waals surface area contributed by atoms with Gasteiger partial charge in [0.15, 0.2) is 0 Å². The number of hydrogen-bond acceptors (Lipinski definition) is 3. The van der Waals surface area contributed by atoms with Crippen molar-refractivity contribution in [2.45, 2.75) is 19.4 Å². The van der Waals surface area contributed by atoms with E-state index >= 15 is 0 Å². The van der Waals surface area contributed by atoms with E-state index in [1.165, 1.54) is 4.90 Å². The lowest BCUT2D eigenvalue weighted by atomic mass is 10.1. The van der Waals surface area contributed by atoms with Crippen LogP contribution in [0.2, 0.25) is 10.0 Å². The first-order valence-electron chi connectivity index (χ1n) is 9.78. The molecule has 9 heteroatoms. The molecule has 0 spiro atoms. The predicted molar refractivity (Wildman–Crippen MR) is 121 cm³/mol. The molecule has 1 aliphatic rings. The fraction of sp³-hybridized carbons (Fsp3) is 0.273. The molecule has 31 heavy (non-hydrogen) atoms. The Labute approximate surface area is 189 Å². The van der Waals surface area contributed by atoms with Crippen molar-refractivity contribution in [3.63, 3.8) is 0 Å². The second-order valence-electron chi connectivity index (χ2n) is 7.34. The number of nitrogens with zero attached hydrogens (tertiary/aromatic N) is 2. The van der Waals surface area contributed by atoms with Crippen LogP contribution in [0.3, 0.4) is 0 Å². The molecule has 1 aliphatic heterocycles. The summed E-state index contributed by atoms with van der Waals surface area (Å²) in [4.78, 5) is 25.7. The van der Waals surface area contributed by atoms with Gasteiger partial charge in [0.2, 0.25) is 5.91 Å². The highest BCUT2D eigenvalue weighted by molar-refractivity contribution is 6.42. The number of amides is 2. The average Bonchev–Trinajstić information content (AvgIpc) is 2.89. The highest BCUT2D eigenvalue weighted by Gasteiger charge is 2.25. The van der Waals surface area contributed by atoms with Crippen LogP contribution in [0.5, 0.6) is 5.75 Å². The van der Waals surface area contributed by atoms with Crippen molar-refractivity contribution >= 4 is 51.8 Å². The molecule has 0 unspecified atom stereocenters. The highest BCUT2D eigenvalue weighted by atomic mass is 35.5. The van der Waals surface area contributed by atoms with Gasteiger partial charge in [-0.1, -0.05) is 23.2 Å². The Balaban J connectivity index is 1.68. The summed E-state index contributed by atoms with van der Waals surface area (Å²) in [6.45, 7) is 0.822. The number of anilines is 1. The van der Waals surface area contributed by atoms with Crippen molar-refractivity contribution in [2.75, 3.05) is 25.5 Å². The second kappa shape index (κ2) is 8.69. The maximum atomic E-state index is 12.8. The van der Waals surface area contributed by atoms with Crippen molar-refractivity contribution in [3.05, 3.63) is 57.7 Å². The molecule has 2 N–H and O–H groups in total. The van der Waals surface area contributed by atoms with Gasteiger partial charge in [0.05, 0.1) is 22.7 Å². The molecular weight excluding hydrogens is 441 g/mol. The SMILES string of the molecule is COc1ccc(NC(=O)Cn2c3c(c4cc(Cl)c(Cl)cc42)CCN(C(=O)O)CC3)cc1. The Morgan fingerprint density at radius 1 is 1.10 bits per heavy atom. The molecule has 2 heterocycles. The lowest BCUT2D eigenvalue weighted by Crippen LogP contribution is -2.32. The summed E-state index contributed by atoms with van der Waals surface area (Å²) in [6, 6.07) is 10.7. The molecule has 0 saturated heterocycles. The molecule has 3 aromatic rings. The first-order valence-corrected chi connectivity index (χ1v) is 10.5. The number of carbonyl (C=O) groups excluding carboxylic acids is 1. The van der Waals surface area contributed by atoms with Crippen molar-refractivity contribution in [3.8, 4) is 5.75 Å². The van der Waals surface area contributed by atoms with Crippen LogP contribution in [0.1, 0.15) is 11.3 Å². The molecule has 0 fully saturated rings. The van der Waals surface area contributed by atoms with E-state index in [0.29, 0.717) is 47.4 Å². The van der Waals surface area contributed by atoms with Crippen LogP contribution < -0.4 is 10.1 Å². The molecule has 0 bridgehead atoms. The van der Waals surface area contributed by atoms with Gasteiger partial charge in [0.25, 0.3) is 0 Å². The summed E-state index contributed by atoms with van der Waals surface area (Å²) in [5, 5.41) is 14.0. The lowest BCUT2D eigenvalue weighted by Gasteiger charge is -2.16. The van der Waals surface area contributed by atoms with E-state index in [-0.39, 0.29) is 12.5 Å². The van der Waals surface area contributed by atoms with E-state index in [9.17, 15) is 14.7 Å². The van der Waals surface area contributed by atoms with Gasteiger partial charge in [-0.3, -0.25) is 4.79 Å². The summed E-state index contributed by atoms with van der Waals surface area (Å²) < 4.78 is 7.06. The Kier molecular flexibility index (Phi) is 5.98. The van der Waals surface area contributed by atoms with Crippen LogP contribution >= 0.6 is 23.2 Å². The number of aromatic nitrogens is 1. The summed E-state index contributed by atoms with van der Waals surface area (Å²) in [5.41, 5.74) is 3.41. The second-order valence-corrected chi connectivity index (χ2v) is 8.16. The first kappa shape index (κ1) is 21.3. The predicted octanol–water partition coefficient (Wildman–Crippen LogP) is 4.67. The van der Waals surface area contributed by atoms with Gasteiger partial charge in [-0.25, -0.2) is 4.79 Å². The van der Waals surface area contributed by atoms with E-state index in [0.717, 1.165) is 22.2 Å². The maximum Gasteiger partial charge on any atom is 0.407 e. The largest absolute Gasteiger partial charge is 0.497 e. The average molecular weight is 462 g/mol. The number of halogens is 2. The van der Waals surface area contributed by atoms with E-state index < -0.39 is 6.09 Å². The topological polar surface area (TPSA) is 83.8 Å². The third-order valence-corrected chi connectivity index (χ3v) is 6.25. The zero-order valence-electron chi connectivity index (χ0n) is 16.8. The molecule has 1 aromatic heterocycles. The molecule has 2 amide bonds. The number of methoxy groups -OCH3 is 1. The summed E-state index contributed by atoms with van der Waals surface area (Å²) in [5.74, 6) is 0.504. The lowest BCUT2D eigenvalue weighted by molar-refractivity contribution is -0.116. The van der Waals surface area contributed by atoms with Crippen LogP contribution in [-0.2, 0) is 24.2 Å². The van der Waals surface area contributed by atoms with Crippen molar-refractivity contribution in [1.82, 2.24) is 9.47 Å². The zero-order valence-corrected chi connectivity index (χ0v) is 18.3. The Hall–Kier alpha value is -2.90. The van der Waals surface area contributed by atoms with Crippen LogP contribution in [0.4, 0.5) is 10.5 Å². The smallest absolute Gasteiger partial charge is 0.407 e. The standard InChI is InChI=1S/C22H21Cl2N3O4/c1-31-14-4-2-13(3-5-14)25-21(28)12-27-19-7-9-26(22(29)30)8-6-15(19)16-10-17(23)18(24)11-20(16)27/h2-5,10-11H,6-9,12H2,1H3,(H,25,28)(H,29,30). The number of fused-ring (bicyclic) bond motifs is 3. The minimum atomic E-state index is -0.945. The van der Waals surface area contributed by atoms with Gasteiger partial charge in [-0.05, 0) is 48.4 Å². The minimum absolute atomic E-state index is 0.0723. The molecule has 0 aliphatic carbocycles. The number of carboxylic acid groups (broad SMARTS) is 1. The van der Waals surface area contributed by atoms with Crippen molar-refractivity contribution in [1.29, 1.82) is 0 Å². The zero-order chi connectivity index (χ0) is 22.1. The molecule has 2 aromatic carbocycles. The van der Waals surface area contributed by atoms with Crippen molar-refractivity contribution < 1.29 is 19.4 Å². The quantitative estimate of drug-likeness (QED) is 0.590. The molecule has 4 rings (SSSR count). The van der Waals surface area contributed by atoms with E-state index in [1.54, 1.807) is 43.5 Å².